The van der Waals surface area contributed by atoms with Gasteiger partial charge in [0.25, 0.3) is 0 Å². The van der Waals surface area contributed by atoms with Crippen LogP contribution < -0.4 is 0 Å². The minimum Gasteiger partial charge on any atom is -0.411 e. The van der Waals surface area contributed by atoms with E-state index in [2.05, 4.69) is 5.16 Å². The maximum Gasteiger partial charge on any atom is 0.237 e. The first kappa shape index (κ1) is 14.5. The first-order chi connectivity index (χ1) is 9.83. The SMILES string of the molecule is CC12CCC(C(=O)N3CCOCC3)(C(=O)C1=NO)C2(C)C. The van der Waals surface area contributed by atoms with E-state index in [1.807, 2.05) is 20.8 Å². The second-order valence-electron chi connectivity index (χ2n) is 7.04. The zero-order chi connectivity index (χ0) is 15.5. The topological polar surface area (TPSA) is 79.2 Å². The number of hydrogen-bond acceptors (Lipinski definition) is 5. The number of nitrogens with zero attached hydrogens (tertiary/aromatic N) is 2. The molecule has 6 heteroatoms. The summed E-state index contributed by atoms with van der Waals surface area (Å²) in [6.07, 6.45) is 1.23. The number of amides is 1. The van der Waals surface area contributed by atoms with Crippen molar-refractivity contribution in [2.75, 3.05) is 26.3 Å². The van der Waals surface area contributed by atoms with Gasteiger partial charge in [-0.2, -0.15) is 0 Å². The Balaban J connectivity index is 2.07. The number of oxime groups is 1. The molecule has 1 amide bonds. The highest BCUT2D eigenvalue weighted by molar-refractivity contribution is 6.50. The number of rotatable bonds is 1. The number of fused-ring (bicyclic) bond motifs is 2. The molecule has 21 heavy (non-hydrogen) atoms. The number of ether oxygens (including phenoxy) is 1. The first-order valence-corrected chi connectivity index (χ1v) is 7.47. The quantitative estimate of drug-likeness (QED) is 0.446. The molecule has 116 valence electrons. The standard InChI is InChI=1S/C15H22N2O4/c1-13(2)14(3)4-5-15(13,11(18)10(14)16-20)12(19)17-6-8-21-9-7-17/h20H,4-9H2,1-3H3. The molecule has 3 rings (SSSR count). The van der Waals surface area contributed by atoms with Crippen LogP contribution in [0.25, 0.3) is 0 Å². The van der Waals surface area contributed by atoms with Crippen molar-refractivity contribution in [1.29, 1.82) is 0 Å². The average molecular weight is 294 g/mol. The molecular weight excluding hydrogens is 272 g/mol. The third-order valence-electron chi connectivity index (χ3n) is 6.34. The van der Waals surface area contributed by atoms with E-state index in [9.17, 15) is 14.8 Å². The van der Waals surface area contributed by atoms with E-state index in [-0.39, 0.29) is 17.4 Å². The van der Waals surface area contributed by atoms with E-state index >= 15 is 0 Å². The molecule has 3 fully saturated rings. The van der Waals surface area contributed by atoms with Gasteiger partial charge in [0.1, 0.15) is 11.1 Å². The minimum absolute atomic E-state index is 0.122. The third kappa shape index (κ3) is 1.44. The molecule has 2 saturated carbocycles. The van der Waals surface area contributed by atoms with Crippen molar-refractivity contribution in [1.82, 2.24) is 4.90 Å². The van der Waals surface area contributed by atoms with Crippen LogP contribution in [0.5, 0.6) is 0 Å². The van der Waals surface area contributed by atoms with Crippen molar-refractivity contribution in [2.24, 2.45) is 21.4 Å². The van der Waals surface area contributed by atoms with Crippen LogP contribution >= 0.6 is 0 Å². The van der Waals surface area contributed by atoms with Gasteiger partial charge in [-0.3, -0.25) is 9.59 Å². The normalized spacial score (nSPS) is 40.0. The van der Waals surface area contributed by atoms with Crippen molar-refractivity contribution in [3.63, 3.8) is 0 Å². The van der Waals surface area contributed by atoms with Gasteiger partial charge < -0.3 is 14.8 Å². The van der Waals surface area contributed by atoms with Crippen LogP contribution in [0.3, 0.4) is 0 Å². The number of hydrogen-bond donors (Lipinski definition) is 1. The van der Waals surface area contributed by atoms with Gasteiger partial charge in [-0.25, -0.2) is 0 Å². The van der Waals surface area contributed by atoms with Crippen LogP contribution in [0.2, 0.25) is 0 Å². The van der Waals surface area contributed by atoms with Gasteiger partial charge >= 0.3 is 0 Å². The summed E-state index contributed by atoms with van der Waals surface area (Å²) in [4.78, 5) is 27.7. The first-order valence-electron chi connectivity index (χ1n) is 7.47. The fourth-order valence-electron chi connectivity index (χ4n) is 4.46. The van der Waals surface area contributed by atoms with Gasteiger partial charge in [0, 0.05) is 18.5 Å². The number of carbonyl (C=O) groups is 2. The maximum atomic E-state index is 13.1. The minimum atomic E-state index is -1.08. The summed E-state index contributed by atoms with van der Waals surface area (Å²) in [5, 5.41) is 12.5. The Morgan fingerprint density at radius 3 is 2.38 bits per heavy atom. The zero-order valence-corrected chi connectivity index (χ0v) is 12.8. The fraction of sp³-hybridized carbons (Fsp3) is 0.800. The van der Waals surface area contributed by atoms with Crippen LogP contribution in [-0.2, 0) is 14.3 Å². The molecule has 0 aromatic rings. The maximum absolute atomic E-state index is 13.1. The fourth-order valence-corrected chi connectivity index (χ4v) is 4.46. The Kier molecular flexibility index (Phi) is 2.96. The number of morpholine rings is 1. The number of Topliss-reactive ketones (excluding diaryl/α,β-unsaturated/α-hetero) is 1. The van der Waals surface area contributed by atoms with E-state index in [1.165, 1.54) is 0 Å². The van der Waals surface area contributed by atoms with Crippen molar-refractivity contribution >= 4 is 17.4 Å². The molecule has 2 atom stereocenters. The number of ketones is 1. The van der Waals surface area contributed by atoms with Crippen molar-refractivity contribution in [2.45, 2.75) is 33.6 Å². The molecule has 1 saturated heterocycles. The Morgan fingerprint density at radius 1 is 1.24 bits per heavy atom. The lowest BCUT2D eigenvalue weighted by molar-refractivity contribution is -0.156. The van der Waals surface area contributed by atoms with Crippen LogP contribution in [0.15, 0.2) is 5.16 Å². The molecule has 0 spiro atoms. The van der Waals surface area contributed by atoms with Crippen LogP contribution in [0.4, 0.5) is 0 Å². The summed E-state index contributed by atoms with van der Waals surface area (Å²) in [5.74, 6) is -0.414. The predicted octanol–water partition coefficient (Wildman–Crippen LogP) is 1.07. The highest BCUT2D eigenvalue weighted by atomic mass is 16.5. The summed E-state index contributed by atoms with van der Waals surface area (Å²) >= 11 is 0. The van der Waals surface area contributed by atoms with Gasteiger partial charge in [0.15, 0.2) is 5.78 Å². The van der Waals surface area contributed by atoms with E-state index in [0.717, 1.165) is 0 Å². The second kappa shape index (κ2) is 4.29. The Bertz CT molecular complexity index is 536. The van der Waals surface area contributed by atoms with E-state index in [1.54, 1.807) is 4.90 Å². The molecule has 0 radical (unpaired) electrons. The monoisotopic (exact) mass is 294 g/mol. The number of carbonyl (C=O) groups excluding carboxylic acids is 2. The van der Waals surface area contributed by atoms with Gasteiger partial charge in [-0.1, -0.05) is 25.9 Å². The lowest BCUT2D eigenvalue weighted by Crippen LogP contribution is -2.54. The largest absolute Gasteiger partial charge is 0.411 e. The van der Waals surface area contributed by atoms with Gasteiger partial charge in [0.05, 0.1) is 13.2 Å². The summed E-state index contributed by atoms with van der Waals surface area (Å²) in [5.41, 5.74) is -2.00. The molecule has 1 heterocycles. The van der Waals surface area contributed by atoms with Crippen molar-refractivity contribution in [3.05, 3.63) is 0 Å². The van der Waals surface area contributed by atoms with E-state index in [0.29, 0.717) is 39.1 Å². The van der Waals surface area contributed by atoms with Crippen LogP contribution in [-0.4, -0.2) is 53.8 Å². The lowest BCUT2D eigenvalue weighted by atomic mass is 9.64. The van der Waals surface area contributed by atoms with Gasteiger partial charge in [0.2, 0.25) is 5.91 Å². The molecule has 0 aromatic heterocycles. The van der Waals surface area contributed by atoms with Gasteiger partial charge in [-0.05, 0) is 18.3 Å². The van der Waals surface area contributed by atoms with Crippen LogP contribution in [0.1, 0.15) is 33.6 Å². The molecule has 0 aromatic carbocycles. The van der Waals surface area contributed by atoms with Gasteiger partial charge in [-0.15, -0.1) is 0 Å². The molecular formula is C15H22N2O4. The molecule has 1 N–H and O–H groups in total. The average Bonchev–Trinajstić information content (AvgIpc) is 2.75. The molecule has 1 aliphatic heterocycles. The smallest absolute Gasteiger partial charge is 0.237 e. The summed E-state index contributed by atoms with van der Waals surface area (Å²) in [6.45, 7) is 7.89. The summed E-state index contributed by atoms with van der Waals surface area (Å²) in [6, 6.07) is 0. The predicted molar refractivity (Wildman–Crippen MR) is 75.2 cm³/mol. The highest BCUT2D eigenvalue weighted by Crippen LogP contribution is 2.69. The third-order valence-corrected chi connectivity index (χ3v) is 6.34. The Morgan fingerprint density at radius 2 is 1.86 bits per heavy atom. The second-order valence-corrected chi connectivity index (χ2v) is 7.04. The van der Waals surface area contributed by atoms with Crippen molar-refractivity contribution < 1.29 is 19.5 Å². The van der Waals surface area contributed by atoms with E-state index < -0.39 is 16.2 Å². The van der Waals surface area contributed by atoms with E-state index in [4.69, 9.17) is 4.74 Å². The molecule has 2 aliphatic carbocycles. The Hall–Kier alpha value is -1.43. The highest BCUT2D eigenvalue weighted by Gasteiger charge is 2.77. The van der Waals surface area contributed by atoms with Crippen molar-refractivity contribution in [3.8, 4) is 0 Å². The Labute approximate surface area is 124 Å². The van der Waals surface area contributed by atoms with Crippen LogP contribution in [0, 0.1) is 16.2 Å². The summed E-state index contributed by atoms with van der Waals surface area (Å²) < 4.78 is 5.29. The lowest BCUT2D eigenvalue weighted by Gasteiger charge is -2.41. The molecule has 6 nitrogen and oxygen atoms in total. The summed E-state index contributed by atoms with van der Waals surface area (Å²) in [7, 11) is 0. The molecule has 2 bridgehead atoms. The zero-order valence-electron chi connectivity index (χ0n) is 12.8. The molecule has 2 unspecified atom stereocenters. The molecule has 3 aliphatic rings.